The molecule has 1 amide bonds. The molecular weight excluding hydrogens is 210 g/mol. The van der Waals surface area contributed by atoms with E-state index in [0.29, 0.717) is 6.42 Å². The van der Waals surface area contributed by atoms with Crippen LogP contribution in [0.3, 0.4) is 0 Å². The molecule has 1 saturated heterocycles. The number of carbonyl (C=O) groups is 1. The second kappa shape index (κ2) is 3.88. The van der Waals surface area contributed by atoms with Gasteiger partial charge in [0.15, 0.2) is 0 Å². The Hall–Kier alpha value is -0.0497. The van der Waals surface area contributed by atoms with Gasteiger partial charge in [0.05, 0.1) is 0 Å². The van der Waals surface area contributed by atoms with Crippen LogP contribution in [0.15, 0.2) is 12.8 Å². The van der Waals surface area contributed by atoms with Gasteiger partial charge in [-0.05, 0) is 12.6 Å². The molecule has 0 spiro atoms. The maximum atomic E-state index is 10.7. The van der Waals surface area contributed by atoms with Gasteiger partial charge < -0.3 is 4.90 Å². The fraction of sp³-hybridized carbons (Fsp3) is 0.500. The summed E-state index contributed by atoms with van der Waals surface area (Å²) in [5, 5.41) is 0. The molecule has 0 saturated carbocycles. The molecule has 1 heterocycles. The quantitative estimate of drug-likeness (QED) is 0.596. The molecule has 1 fully saturated rings. The van der Waals surface area contributed by atoms with Crippen molar-refractivity contribution < 1.29 is 27.2 Å². The Morgan fingerprint density at radius 2 is 2.33 bits per heavy atom. The van der Waals surface area contributed by atoms with E-state index in [-0.39, 0.29) is 28.3 Å². The first kappa shape index (κ1) is 8.95. The normalized spacial score (nSPS) is 17.3. The summed E-state index contributed by atoms with van der Waals surface area (Å²) in [6.07, 6.45) is 3.28. The zero-order chi connectivity index (χ0) is 5.98. The van der Waals surface area contributed by atoms with Crippen molar-refractivity contribution >= 4 is 5.91 Å². The molecule has 0 aromatic rings. The van der Waals surface area contributed by atoms with Gasteiger partial charge in [-0.25, -0.2) is 0 Å². The number of likely N-dealkylation sites (tertiary alicyclic amines) is 1. The molecular formula is C6H9AgNO. The van der Waals surface area contributed by atoms with Gasteiger partial charge in [-0.1, -0.05) is 6.58 Å². The van der Waals surface area contributed by atoms with Gasteiger partial charge in [0.1, 0.15) is 0 Å². The van der Waals surface area contributed by atoms with Crippen LogP contribution in [0.5, 0.6) is 0 Å². The number of nitrogens with zero attached hydrogens (tertiary/aromatic N) is 1. The smallest absolute Gasteiger partial charge is 0.226 e. The monoisotopic (exact) mass is 218 g/mol. The summed E-state index contributed by atoms with van der Waals surface area (Å²) in [7, 11) is 0. The van der Waals surface area contributed by atoms with Crippen LogP contribution in [-0.4, -0.2) is 17.4 Å². The van der Waals surface area contributed by atoms with Crippen molar-refractivity contribution in [1.29, 1.82) is 0 Å². The summed E-state index contributed by atoms with van der Waals surface area (Å²) in [6.45, 7) is 4.36. The molecule has 55 valence electrons. The van der Waals surface area contributed by atoms with Gasteiger partial charge in [0, 0.05) is 35.3 Å². The van der Waals surface area contributed by atoms with E-state index in [2.05, 4.69) is 6.58 Å². The summed E-state index contributed by atoms with van der Waals surface area (Å²) in [4.78, 5) is 12.3. The molecule has 0 atom stereocenters. The van der Waals surface area contributed by atoms with E-state index in [1.807, 2.05) is 0 Å². The van der Waals surface area contributed by atoms with Crippen molar-refractivity contribution in [1.82, 2.24) is 4.90 Å². The maximum Gasteiger partial charge on any atom is 0.226 e. The average Bonchev–Trinajstić information content (AvgIpc) is 2.14. The molecule has 0 N–H and O–H groups in total. The zero-order valence-corrected chi connectivity index (χ0v) is 6.55. The van der Waals surface area contributed by atoms with Gasteiger partial charge in [0.2, 0.25) is 5.91 Å². The second-order valence-corrected chi connectivity index (χ2v) is 1.87. The van der Waals surface area contributed by atoms with Crippen molar-refractivity contribution in [2.75, 3.05) is 6.54 Å². The molecule has 0 aromatic carbocycles. The number of hydrogen-bond donors (Lipinski definition) is 0. The molecule has 1 radical (unpaired) electrons. The summed E-state index contributed by atoms with van der Waals surface area (Å²) >= 11 is 0. The molecule has 2 nitrogen and oxygen atoms in total. The Labute approximate surface area is 70.4 Å². The third-order valence-corrected chi connectivity index (χ3v) is 1.33. The van der Waals surface area contributed by atoms with E-state index in [1.165, 1.54) is 0 Å². The van der Waals surface area contributed by atoms with E-state index in [9.17, 15) is 4.79 Å². The van der Waals surface area contributed by atoms with E-state index in [1.54, 1.807) is 11.1 Å². The number of carbonyl (C=O) groups excluding carboxylic acids is 1. The SMILES string of the molecule is C=CN1CCCC1=O.[Ag]. The van der Waals surface area contributed by atoms with E-state index >= 15 is 0 Å². The first-order valence-corrected chi connectivity index (χ1v) is 2.76. The van der Waals surface area contributed by atoms with E-state index < -0.39 is 0 Å². The molecule has 1 rings (SSSR count). The Balaban J connectivity index is 0.000000640. The maximum absolute atomic E-state index is 10.7. The zero-order valence-electron chi connectivity index (χ0n) is 5.06. The molecule has 1 aliphatic heterocycles. The number of amides is 1. The molecule has 0 aliphatic carbocycles. The van der Waals surface area contributed by atoms with Crippen LogP contribution in [0, 0.1) is 0 Å². The minimum atomic E-state index is 0. The number of hydrogen-bond acceptors (Lipinski definition) is 1. The van der Waals surface area contributed by atoms with Crippen LogP contribution in [0.1, 0.15) is 12.8 Å². The Morgan fingerprint density at radius 3 is 2.56 bits per heavy atom. The van der Waals surface area contributed by atoms with E-state index in [4.69, 9.17) is 0 Å². The molecule has 0 aromatic heterocycles. The average molecular weight is 219 g/mol. The molecule has 0 unspecified atom stereocenters. The van der Waals surface area contributed by atoms with Gasteiger partial charge >= 0.3 is 0 Å². The minimum Gasteiger partial charge on any atom is -0.320 e. The van der Waals surface area contributed by atoms with Gasteiger partial charge in [-0.2, -0.15) is 0 Å². The van der Waals surface area contributed by atoms with Crippen LogP contribution in [0.25, 0.3) is 0 Å². The standard InChI is InChI=1S/C6H9NO.Ag/c1-2-7-5-3-4-6(7)8;/h2H,1,3-5H2;. The molecule has 1 aliphatic rings. The van der Waals surface area contributed by atoms with Crippen LogP contribution in [0.2, 0.25) is 0 Å². The second-order valence-electron chi connectivity index (χ2n) is 1.87. The van der Waals surface area contributed by atoms with Crippen LogP contribution in [-0.2, 0) is 27.2 Å². The largest absolute Gasteiger partial charge is 0.320 e. The first-order valence-electron chi connectivity index (χ1n) is 2.76. The third kappa shape index (κ3) is 1.97. The Morgan fingerprint density at radius 1 is 1.67 bits per heavy atom. The minimum absolute atomic E-state index is 0. The fourth-order valence-corrected chi connectivity index (χ4v) is 0.862. The number of rotatable bonds is 1. The predicted octanol–water partition coefficient (Wildman–Crippen LogP) is 0.750. The third-order valence-electron chi connectivity index (χ3n) is 1.33. The van der Waals surface area contributed by atoms with Crippen molar-refractivity contribution in [2.45, 2.75) is 12.8 Å². The van der Waals surface area contributed by atoms with Crippen molar-refractivity contribution in [2.24, 2.45) is 0 Å². The van der Waals surface area contributed by atoms with Gasteiger partial charge in [-0.3, -0.25) is 4.79 Å². The van der Waals surface area contributed by atoms with Gasteiger partial charge in [0.25, 0.3) is 0 Å². The summed E-state index contributed by atoms with van der Waals surface area (Å²) < 4.78 is 0. The van der Waals surface area contributed by atoms with Crippen molar-refractivity contribution in [3.05, 3.63) is 12.8 Å². The van der Waals surface area contributed by atoms with Crippen LogP contribution < -0.4 is 0 Å². The van der Waals surface area contributed by atoms with Gasteiger partial charge in [-0.15, -0.1) is 0 Å². The van der Waals surface area contributed by atoms with Crippen molar-refractivity contribution in [3.8, 4) is 0 Å². The summed E-state index contributed by atoms with van der Waals surface area (Å²) in [5.41, 5.74) is 0. The summed E-state index contributed by atoms with van der Waals surface area (Å²) in [6, 6.07) is 0. The molecule has 0 bridgehead atoms. The topological polar surface area (TPSA) is 20.3 Å². The fourth-order valence-electron chi connectivity index (χ4n) is 0.862. The van der Waals surface area contributed by atoms with Crippen LogP contribution in [0.4, 0.5) is 0 Å². The first-order chi connectivity index (χ1) is 3.84. The van der Waals surface area contributed by atoms with E-state index in [0.717, 1.165) is 13.0 Å². The predicted molar refractivity (Wildman–Crippen MR) is 31.1 cm³/mol. The summed E-state index contributed by atoms with van der Waals surface area (Å²) in [5.74, 6) is 0.208. The van der Waals surface area contributed by atoms with Crippen molar-refractivity contribution in [3.63, 3.8) is 0 Å². The Kier molecular flexibility index (Phi) is 3.86. The Bertz CT molecular complexity index is 124. The van der Waals surface area contributed by atoms with Crippen LogP contribution >= 0.6 is 0 Å². The molecule has 3 heteroatoms. The molecule has 9 heavy (non-hydrogen) atoms.